The fourth-order valence-electron chi connectivity index (χ4n) is 3.92. The van der Waals surface area contributed by atoms with Crippen molar-refractivity contribution in [3.05, 3.63) is 71.8 Å². The summed E-state index contributed by atoms with van der Waals surface area (Å²) >= 11 is 1.94. The molecule has 0 spiro atoms. The maximum Gasteiger partial charge on any atom is 0.328 e. The molecule has 2 aliphatic rings. The van der Waals surface area contributed by atoms with Crippen LogP contribution in [0.5, 0.6) is 0 Å². The number of likely N-dealkylation sites (N-methyl/N-ethyl adjacent to an activating group) is 1. The van der Waals surface area contributed by atoms with Gasteiger partial charge in [-0.25, -0.2) is 9.59 Å². The number of carbonyl (C=O) groups is 2. The number of carboxylic acid groups (broad SMARTS) is 2. The molecule has 0 bridgehead atoms. The van der Waals surface area contributed by atoms with Crippen LogP contribution in [0.4, 0.5) is 0 Å². The Morgan fingerprint density at radius 3 is 2.13 bits per heavy atom. The van der Waals surface area contributed by atoms with Crippen LogP contribution in [0.1, 0.15) is 24.1 Å². The maximum absolute atomic E-state index is 9.55. The SMILES string of the molecule is CCN1CCN(C2Cc3ccccc3Sc3ccccc32)CC1.O=C(O)/C=C/C(=O)O. The van der Waals surface area contributed by atoms with Crippen LogP contribution >= 0.6 is 11.8 Å². The number of hydrogen-bond donors (Lipinski definition) is 2. The minimum atomic E-state index is -1.26. The first kappa shape index (κ1) is 23.1. The molecule has 0 radical (unpaired) electrons. The standard InChI is InChI=1S/C20H24N2S.C4H4O4/c1-2-21-11-13-22(14-12-21)18-15-16-7-3-5-9-19(16)23-20-10-6-4-8-17(18)20;5-3(6)1-2-4(7)8/h3-10,18H,2,11-15H2,1H3;1-2H,(H,5,6)(H,7,8)/b;2-1+. The lowest BCUT2D eigenvalue weighted by molar-refractivity contribution is -0.134. The highest BCUT2D eigenvalue weighted by molar-refractivity contribution is 7.99. The molecule has 2 aromatic rings. The monoisotopic (exact) mass is 440 g/mol. The first-order chi connectivity index (χ1) is 15.0. The molecule has 2 N–H and O–H groups in total. The van der Waals surface area contributed by atoms with E-state index in [9.17, 15) is 9.59 Å². The Morgan fingerprint density at radius 2 is 1.52 bits per heavy atom. The van der Waals surface area contributed by atoms with E-state index >= 15 is 0 Å². The smallest absolute Gasteiger partial charge is 0.328 e. The van der Waals surface area contributed by atoms with E-state index in [0.29, 0.717) is 18.2 Å². The second-order valence-electron chi connectivity index (χ2n) is 7.45. The van der Waals surface area contributed by atoms with Crippen molar-refractivity contribution in [1.29, 1.82) is 0 Å². The summed E-state index contributed by atoms with van der Waals surface area (Å²) in [6.45, 7) is 8.20. The number of piperazine rings is 1. The molecular formula is C24H28N2O4S. The van der Waals surface area contributed by atoms with Crippen molar-refractivity contribution in [1.82, 2.24) is 9.80 Å². The summed E-state index contributed by atoms with van der Waals surface area (Å²) in [6, 6.07) is 18.4. The van der Waals surface area contributed by atoms with E-state index < -0.39 is 11.9 Å². The van der Waals surface area contributed by atoms with Gasteiger partial charge in [-0.15, -0.1) is 0 Å². The van der Waals surface area contributed by atoms with Crippen molar-refractivity contribution in [3.63, 3.8) is 0 Å². The summed E-state index contributed by atoms with van der Waals surface area (Å²) in [5, 5.41) is 15.6. The number of nitrogens with zero attached hydrogens (tertiary/aromatic N) is 2. The average molecular weight is 441 g/mol. The van der Waals surface area contributed by atoms with Crippen LogP contribution in [0.15, 0.2) is 70.5 Å². The largest absolute Gasteiger partial charge is 0.478 e. The van der Waals surface area contributed by atoms with Crippen LogP contribution in [0, 0.1) is 0 Å². The van der Waals surface area contributed by atoms with Crippen molar-refractivity contribution < 1.29 is 19.8 Å². The fraction of sp³-hybridized carbons (Fsp3) is 0.333. The van der Waals surface area contributed by atoms with E-state index in [1.54, 1.807) is 0 Å². The molecule has 6 nitrogen and oxygen atoms in total. The lowest BCUT2D eigenvalue weighted by atomic mass is 9.96. The zero-order valence-electron chi connectivity index (χ0n) is 17.6. The molecule has 0 aromatic heterocycles. The highest BCUT2D eigenvalue weighted by Crippen LogP contribution is 2.42. The van der Waals surface area contributed by atoms with Crippen LogP contribution in [-0.2, 0) is 16.0 Å². The average Bonchev–Trinajstić information content (AvgIpc) is 2.95. The Labute approximate surface area is 187 Å². The van der Waals surface area contributed by atoms with Crippen molar-refractivity contribution in [2.24, 2.45) is 0 Å². The molecule has 0 amide bonds. The predicted octanol–water partition coefficient (Wildman–Crippen LogP) is 3.78. The Hall–Kier alpha value is -2.61. The Balaban J connectivity index is 0.000000293. The zero-order valence-corrected chi connectivity index (χ0v) is 18.4. The van der Waals surface area contributed by atoms with E-state index in [0.717, 1.165) is 6.42 Å². The van der Waals surface area contributed by atoms with Crippen LogP contribution in [0.2, 0.25) is 0 Å². The lowest BCUT2D eigenvalue weighted by Gasteiger charge is -2.39. The minimum absolute atomic E-state index is 0.515. The highest BCUT2D eigenvalue weighted by atomic mass is 32.2. The molecule has 1 saturated heterocycles. The van der Waals surface area contributed by atoms with Crippen molar-refractivity contribution in [2.75, 3.05) is 32.7 Å². The van der Waals surface area contributed by atoms with Crippen LogP contribution in [0.25, 0.3) is 0 Å². The second kappa shape index (κ2) is 11.1. The van der Waals surface area contributed by atoms with Gasteiger partial charge < -0.3 is 15.1 Å². The van der Waals surface area contributed by atoms with Crippen LogP contribution in [0.3, 0.4) is 0 Å². The van der Waals surface area contributed by atoms with Crippen molar-refractivity contribution >= 4 is 23.7 Å². The third-order valence-corrected chi connectivity index (χ3v) is 6.76. The first-order valence-electron chi connectivity index (χ1n) is 10.4. The quantitative estimate of drug-likeness (QED) is 0.700. The molecule has 31 heavy (non-hydrogen) atoms. The van der Waals surface area contributed by atoms with Crippen molar-refractivity contribution in [3.8, 4) is 0 Å². The van der Waals surface area contributed by atoms with Gasteiger partial charge in [-0.2, -0.15) is 0 Å². The molecule has 164 valence electrons. The number of rotatable bonds is 4. The third kappa shape index (κ3) is 6.43. The normalized spacial score (nSPS) is 18.9. The van der Waals surface area contributed by atoms with Crippen LogP contribution in [-0.4, -0.2) is 64.7 Å². The lowest BCUT2D eigenvalue weighted by Crippen LogP contribution is -2.47. The van der Waals surface area contributed by atoms with Crippen LogP contribution < -0.4 is 0 Å². The molecule has 1 unspecified atom stereocenters. The molecule has 2 aromatic carbocycles. The zero-order chi connectivity index (χ0) is 22.2. The molecule has 0 aliphatic carbocycles. The van der Waals surface area contributed by atoms with E-state index in [1.165, 1.54) is 53.6 Å². The highest BCUT2D eigenvalue weighted by Gasteiger charge is 2.29. The van der Waals surface area contributed by atoms with Gasteiger partial charge in [-0.05, 0) is 36.2 Å². The van der Waals surface area contributed by atoms with E-state index in [2.05, 4.69) is 65.3 Å². The summed E-state index contributed by atoms with van der Waals surface area (Å²) in [5.74, 6) is -2.51. The summed E-state index contributed by atoms with van der Waals surface area (Å²) < 4.78 is 0. The Kier molecular flexibility index (Phi) is 8.28. The van der Waals surface area contributed by atoms with Gasteiger partial charge in [0.25, 0.3) is 0 Å². The van der Waals surface area contributed by atoms with Gasteiger partial charge in [0, 0.05) is 54.2 Å². The van der Waals surface area contributed by atoms with Gasteiger partial charge in [-0.1, -0.05) is 55.1 Å². The summed E-state index contributed by atoms with van der Waals surface area (Å²) in [6.07, 6.45) is 2.25. The molecule has 2 heterocycles. The number of hydrogen-bond acceptors (Lipinski definition) is 5. The van der Waals surface area contributed by atoms with E-state index in [4.69, 9.17) is 10.2 Å². The molecular weight excluding hydrogens is 412 g/mol. The van der Waals surface area contributed by atoms with E-state index in [1.807, 2.05) is 11.8 Å². The van der Waals surface area contributed by atoms with Gasteiger partial charge in [-0.3, -0.25) is 4.90 Å². The molecule has 4 rings (SSSR count). The summed E-state index contributed by atoms with van der Waals surface area (Å²) in [5.41, 5.74) is 3.01. The predicted molar refractivity (Wildman–Crippen MR) is 122 cm³/mol. The van der Waals surface area contributed by atoms with Gasteiger partial charge in [0.15, 0.2) is 0 Å². The first-order valence-corrected chi connectivity index (χ1v) is 11.2. The Morgan fingerprint density at radius 1 is 0.935 bits per heavy atom. The van der Waals surface area contributed by atoms with Gasteiger partial charge in [0.1, 0.15) is 0 Å². The number of aliphatic carboxylic acids is 2. The number of fused-ring (bicyclic) bond motifs is 2. The van der Waals surface area contributed by atoms with Gasteiger partial charge >= 0.3 is 11.9 Å². The molecule has 1 atom stereocenters. The molecule has 1 fully saturated rings. The summed E-state index contributed by atoms with van der Waals surface area (Å²) in [7, 11) is 0. The number of carboxylic acids is 2. The minimum Gasteiger partial charge on any atom is -0.478 e. The van der Waals surface area contributed by atoms with Gasteiger partial charge in [0.05, 0.1) is 0 Å². The maximum atomic E-state index is 9.55. The molecule has 7 heteroatoms. The Bertz CT molecular complexity index is 923. The topological polar surface area (TPSA) is 81.1 Å². The summed E-state index contributed by atoms with van der Waals surface area (Å²) in [4.78, 5) is 27.2. The molecule has 2 aliphatic heterocycles. The van der Waals surface area contributed by atoms with Crippen molar-refractivity contribution in [2.45, 2.75) is 29.2 Å². The number of benzene rings is 2. The van der Waals surface area contributed by atoms with Gasteiger partial charge in [0.2, 0.25) is 0 Å². The fourth-order valence-corrected chi connectivity index (χ4v) is 5.05. The van der Waals surface area contributed by atoms with E-state index in [-0.39, 0.29) is 0 Å². The molecule has 0 saturated carbocycles. The second-order valence-corrected chi connectivity index (χ2v) is 8.53. The third-order valence-electron chi connectivity index (χ3n) is 5.55.